The van der Waals surface area contributed by atoms with Crippen molar-refractivity contribution in [2.45, 2.75) is 25.7 Å². The molecule has 0 aliphatic heterocycles. The van der Waals surface area contributed by atoms with Crippen LogP contribution in [0.2, 0.25) is 0 Å². The standard InChI is InChI=1S/C8H11Br/c9-8-5-6-1-3-7(8)4-2-6/h5-7H,1-4H2. The van der Waals surface area contributed by atoms with Gasteiger partial charge in [-0.2, -0.15) is 0 Å². The van der Waals surface area contributed by atoms with Crippen LogP contribution in [-0.2, 0) is 0 Å². The maximum absolute atomic E-state index is 3.61. The van der Waals surface area contributed by atoms with Gasteiger partial charge < -0.3 is 0 Å². The molecule has 0 nitrogen and oxygen atoms in total. The van der Waals surface area contributed by atoms with Crippen molar-refractivity contribution in [3.8, 4) is 0 Å². The van der Waals surface area contributed by atoms with Crippen molar-refractivity contribution in [3.63, 3.8) is 0 Å². The first-order valence-electron chi connectivity index (χ1n) is 3.73. The fourth-order valence-electron chi connectivity index (χ4n) is 1.92. The molecule has 0 radical (unpaired) electrons. The molecule has 0 saturated heterocycles. The van der Waals surface area contributed by atoms with Gasteiger partial charge in [0.25, 0.3) is 0 Å². The zero-order valence-corrected chi connectivity index (χ0v) is 7.02. The molecule has 0 N–H and O–H groups in total. The van der Waals surface area contributed by atoms with Crippen LogP contribution in [0, 0.1) is 11.8 Å². The molecule has 0 atom stereocenters. The summed E-state index contributed by atoms with van der Waals surface area (Å²) in [5.41, 5.74) is 0. The van der Waals surface area contributed by atoms with Gasteiger partial charge in [-0.3, -0.25) is 0 Å². The quantitative estimate of drug-likeness (QED) is 0.546. The van der Waals surface area contributed by atoms with Crippen molar-refractivity contribution in [1.29, 1.82) is 0 Å². The zero-order valence-electron chi connectivity index (χ0n) is 5.44. The predicted octanol–water partition coefficient (Wildman–Crippen LogP) is 3.09. The summed E-state index contributed by atoms with van der Waals surface area (Å²) >= 11 is 3.61. The molecule has 1 heteroatoms. The van der Waals surface area contributed by atoms with Crippen LogP contribution in [0.4, 0.5) is 0 Å². The third kappa shape index (κ3) is 0.958. The minimum atomic E-state index is 0.898. The van der Waals surface area contributed by atoms with E-state index in [1.165, 1.54) is 30.2 Å². The van der Waals surface area contributed by atoms with Crippen molar-refractivity contribution >= 4 is 15.9 Å². The van der Waals surface area contributed by atoms with Gasteiger partial charge in [-0.1, -0.05) is 22.0 Å². The first kappa shape index (κ1) is 5.96. The second-order valence-electron chi connectivity index (χ2n) is 3.16. The molecule has 0 aromatic carbocycles. The summed E-state index contributed by atoms with van der Waals surface area (Å²) in [5, 5.41) is 0. The minimum absolute atomic E-state index is 0.898. The van der Waals surface area contributed by atoms with Gasteiger partial charge in [0.1, 0.15) is 0 Å². The smallest absolute Gasteiger partial charge is 0.00554 e. The van der Waals surface area contributed by atoms with Crippen molar-refractivity contribution in [2.24, 2.45) is 11.8 Å². The monoisotopic (exact) mass is 186 g/mol. The second-order valence-corrected chi connectivity index (χ2v) is 4.08. The van der Waals surface area contributed by atoms with E-state index >= 15 is 0 Å². The largest absolute Gasteiger partial charge is 0.0710 e. The summed E-state index contributed by atoms with van der Waals surface area (Å²) in [4.78, 5) is 0. The van der Waals surface area contributed by atoms with Crippen LogP contribution in [-0.4, -0.2) is 0 Å². The molecule has 3 rings (SSSR count). The third-order valence-corrected chi connectivity index (χ3v) is 3.47. The molecule has 3 aliphatic carbocycles. The first-order valence-corrected chi connectivity index (χ1v) is 4.53. The summed E-state index contributed by atoms with van der Waals surface area (Å²) < 4.78 is 1.49. The molecular weight excluding hydrogens is 176 g/mol. The van der Waals surface area contributed by atoms with E-state index in [-0.39, 0.29) is 0 Å². The Morgan fingerprint density at radius 3 is 2.11 bits per heavy atom. The van der Waals surface area contributed by atoms with Crippen molar-refractivity contribution < 1.29 is 0 Å². The van der Waals surface area contributed by atoms with Crippen LogP contribution in [0.15, 0.2) is 10.6 Å². The van der Waals surface area contributed by atoms with Crippen LogP contribution in [0.5, 0.6) is 0 Å². The van der Waals surface area contributed by atoms with Crippen LogP contribution in [0.25, 0.3) is 0 Å². The minimum Gasteiger partial charge on any atom is -0.0710 e. The molecule has 0 spiro atoms. The van der Waals surface area contributed by atoms with Gasteiger partial charge in [0.05, 0.1) is 0 Å². The fraction of sp³-hybridized carbons (Fsp3) is 0.750. The van der Waals surface area contributed by atoms with Gasteiger partial charge in [-0.05, 0) is 42.0 Å². The number of rotatable bonds is 0. The van der Waals surface area contributed by atoms with E-state index in [4.69, 9.17) is 0 Å². The summed E-state index contributed by atoms with van der Waals surface area (Å²) in [6.07, 6.45) is 8.17. The van der Waals surface area contributed by atoms with Crippen LogP contribution < -0.4 is 0 Å². The van der Waals surface area contributed by atoms with Crippen molar-refractivity contribution in [1.82, 2.24) is 0 Å². The van der Waals surface area contributed by atoms with Gasteiger partial charge in [-0.15, -0.1) is 0 Å². The molecule has 1 fully saturated rings. The molecular formula is C8H11Br. The topological polar surface area (TPSA) is 0 Å². The molecule has 9 heavy (non-hydrogen) atoms. The lowest BCUT2D eigenvalue weighted by Gasteiger charge is -2.32. The number of fused-ring (bicyclic) bond motifs is 2. The number of halogens is 1. The highest BCUT2D eigenvalue weighted by Crippen LogP contribution is 2.42. The van der Waals surface area contributed by atoms with E-state index in [0.29, 0.717) is 0 Å². The predicted molar refractivity (Wildman–Crippen MR) is 42.5 cm³/mol. The van der Waals surface area contributed by atoms with Gasteiger partial charge in [0, 0.05) is 0 Å². The summed E-state index contributed by atoms with van der Waals surface area (Å²) in [6.45, 7) is 0. The molecule has 0 heterocycles. The van der Waals surface area contributed by atoms with E-state index in [1.807, 2.05) is 0 Å². The molecule has 1 saturated carbocycles. The van der Waals surface area contributed by atoms with Crippen molar-refractivity contribution in [2.75, 3.05) is 0 Å². The van der Waals surface area contributed by atoms with Gasteiger partial charge in [0.2, 0.25) is 0 Å². The summed E-state index contributed by atoms with van der Waals surface area (Å²) in [7, 11) is 0. The Balaban J connectivity index is 2.25. The third-order valence-electron chi connectivity index (χ3n) is 2.56. The van der Waals surface area contributed by atoms with Crippen LogP contribution >= 0.6 is 15.9 Å². The molecule has 0 aromatic rings. The van der Waals surface area contributed by atoms with E-state index < -0.39 is 0 Å². The summed E-state index contributed by atoms with van der Waals surface area (Å²) in [6, 6.07) is 0. The maximum Gasteiger partial charge on any atom is -0.00554 e. The Morgan fingerprint density at radius 1 is 1.22 bits per heavy atom. The molecule has 0 aromatic heterocycles. The second kappa shape index (κ2) is 2.12. The molecule has 50 valence electrons. The van der Waals surface area contributed by atoms with E-state index in [1.54, 1.807) is 0 Å². The Hall–Kier alpha value is 0.220. The SMILES string of the molecule is BrC1=CC2CCC1CC2. The van der Waals surface area contributed by atoms with E-state index in [0.717, 1.165) is 11.8 Å². The number of hydrogen-bond donors (Lipinski definition) is 0. The Kier molecular flexibility index (Phi) is 1.40. The van der Waals surface area contributed by atoms with E-state index in [9.17, 15) is 0 Å². The molecule has 0 unspecified atom stereocenters. The fourth-order valence-corrected chi connectivity index (χ4v) is 2.75. The lowest BCUT2D eigenvalue weighted by molar-refractivity contribution is 0.325. The Labute approximate surface area is 64.5 Å². The zero-order chi connectivity index (χ0) is 6.27. The average molecular weight is 187 g/mol. The van der Waals surface area contributed by atoms with Crippen molar-refractivity contribution in [3.05, 3.63) is 10.6 Å². The van der Waals surface area contributed by atoms with Gasteiger partial charge in [0.15, 0.2) is 0 Å². The average Bonchev–Trinajstić information content (AvgIpc) is 1.90. The Morgan fingerprint density at radius 2 is 1.89 bits per heavy atom. The molecule has 3 aliphatic rings. The molecule has 0 amide bonds. The normalized spacial score (nSPS) is 40.8. The molecule has 2 bridgehead atoms. The maximum atomic E-state index is 3.61. The summed E-state index contributed by atoms with van der Waals surface area (Å²) in [5.74, 6) is 1.82. The van der Waals surface area contributed by atoms with Crippen LogP contribution in [0.3, 0.4) is 0 Å². The first-order chi connectivity index (χ1) is 4.36. The highest BCUT2D eigenvalue weighted by atomic mass is 79.9. The highest BCUT2D eigenvalue weighted by molar-refractivity contribution is 9.11. The Bertz CT molecular complexity index is 141. The van der Waals surface area contributed by atoms with Gasteiger partial charge in [-0.25, -0.2) is 0 Å². The lowest BCUT2D eigenvalue weighted by Crippen LogP contribution is -2.19. The number of allylic oxidation sites excluding steroid dienone is 2. The van der Waals surface area contributed by atoms with Crippen LogP contribution in [0.1, 0.15) is 25.7 Å². The number of hydrogen-bond acceptors (Lipinski definition) is 0. The van der Waals surface area contributed by atoms with E-state index in [2.05, 4.69) is 22.0 Å². The van der Waals surface area contributed by atoms with Gasteiger partial charge >= 0.3 is 0 Å². The lowest BCUT2D eigenvalue weighted by atomic mass is 9.76. The highest BCUT2D eigenvalue weighted by Gasteiger charge is 2.26.